The molecule has 0 bridgehead atoms. The molecule has 4 nitrogen and oxygen atoms in total. The summed E-state index contributed by atoms with van der Waals surface area (Å²) < 4.78 is 12.9. The van der Waals surface area contributed by atoms with E-state index in [0.717, 1.165) is 0 Å². The fourth-order valence-corrected chi connectivity index (χ4v) is 1.36. The topological polar surface area (TPSA) is 66.0 Å². The van der Waals surface area contributed by atoms with E-state index in [4.69, 9.17) is 5.11 Å². The minimum Gasteiger partial charge on any atom is -0.476 e. The average molecular weight is 182 g/mol. The molecule has 1 aliphatic carbocycles. The molecule has 13 heavy (non-hydrogen) atoms. The molecule has 1 aromatic rings. The summed E-state index contributed by atoms with van der Waals surface area (Å²) in [6, 6.07) is 0. The van der Waals surface area contributed by atoms with Gasteiger partial charge in [-0.3, -0.25) is 5.10 Å². The number of nitrogens with zero attached hydrogens (tertiary/aromatic N) is 1. The van der Waals surface area contributed by atoms with Gasteiger partial charge in [0.25, 0.3) is 0 Å². The van der Waals surface area contributed by atoms with Gasteiger partial charge in [-0.15, -0.1) is 0 Å². The molecule has 68 valence electrons. The Labute approximate surface area is 73.1 Å². The number of allylic oxidation sites excluding steroid dienone is 1. The van der Waals surface area contributed by atoms with Gasteiger partial charge in [-0.1, -0.05) is 0 Å². The third-order valence-corrected chi connectivity index (χ3v) is 1.97. The number of aromatic amines is 1. The van der Waals surface area contributed by atoms with Crippen LogP contribution in [0.4, 0.5) is 4.39 Å². The quantitative estimate of drug-likeness (QED) is 0.681. The van der Waals surface area contributed by atoms with Gasteiger partial charge in [0.1, 0.15) is 6.17 Å². The number of hydrogen-bond acceptors (Lipinski definition) is 2. The van der Waals surface area contributed by atoms with Crippen molar-refractivity contribution in [3.05, 3.63) is 23.0 Å². The second kappa shape index (κ2) is 2.69. The molecule has 0 aromatic carbocycles. The first-order chi connectivity index (χ1) is 6.18. The van der Waals surface area contributed by atoms with Crippen LogP contribution in [0.1, 0.15) is 21.7 Å². The molecular weight excluding hydrogens is 175 g/mol. The second-order valence-corrected chi connectivity index (χ2v) is 2.85. The Morgan fingerprint density at radius 2 is 2.54 bits per heavy atom. The summed E-state index contributed by atoms with van der Waals surface area (Å²) in [5.74, 6) is -1.13. The van der Waals surface area contributed by atoms with Crippen molar-refractivity contribution >= 4 is 12.0 Å². The number of nitrogens with one attached hydrogen (secondary N) is 1. The molecule has 5 heteroatoms. The number of alkyl halides is 1. The Balaban J connectivity index is 2.49. The fourth-order valence-electron chi connectivity index (χ4n) is 1.36. The highest BCUT2D eigenvalue weighted by Gasteiger charge is 2.22. The fraction of sp³-hybridized carbons (Fsp3) is 0.250. The number of H-pyrrole nitrogens is 1. The monoisotopic (exact) mass is 182 g/mol. The van der Waals surface area contributed by atoms with Gasteiger partial charge >= 0.3 is 5.97 Å². The molecule has 0 radical (unpaired) electrons. The van der Waals surface area contributed by atoms with Crippen LogP contribution in [-0.4, -0.2) is 27.4 Å². The van der Waals surface area contributed by atoms with E-state index >= 15 is 0 Å². The summed E-state index contributed by atoms with van der Waals surface area (Å²) in [6.45, 7) is 0. The molecule has 0 spiro atoms. The number of aromatic nitrogens is 2. The van der Waals surface area contributed by atoms with Gasteiger partial charge in [0.05, 0.1) is 5.69 Å². The summed E-state index contributed by atoms with van der Waals surface area (Å²) in [4.78, 5) is 10.6. The number of carboxylic acid groups (broad SMARTS) is 1. The molecule has 1 aromatic heterocycles. The van der Waals surface area contributed by atoms with Gasteiger partial charge in [-0.25, -0.2) is 9.18 Å². The smallest absolute Gasteiger partial charge is 0.356 e. The highest BCUT2D eigenvalue weighted by molar-refractivity contribution is 5.88. The predicted molar refractivity (Wildman–Crippen MR) is 43.2 cm³/mol. The Morgan fingerprint density at radius 1 is 1.77 bits per heavy atom. The van der Waals surface area contributed by atoms with Crippen LogP contribution in [0.15, 0.2) is 6.08 Å². The van der Waals surface area contributed by atoms with Crippen LogP contribution in [0.25, 0.3) is 6.08 Å². The lowest BCUT2D eigenvalue weighted by molar-refractivity contribution is 0.0689. The lowest BCUT2D eigenvalue weighted by Crippen LogP contribution is -2.10. The average Bonchev–Trinajstić information content (AvgIpc) is 2.46. The van der Waals surface area contributed by atoms with E-state index in [1.165, 1.54) is 12.2 Å². The first-order valence-electron chi connectivity index (χ1n) is 3.81. The van der Waals surface area contributed by atoms with Crippen LogP contribution in [0.2, 0.25) is 0 Å². The molecule has 1 atom stereocenters. The Hall–Kier alpha value is -1.65. The van der Waals surface area contributed by atoms with Crippen LogP contribution in [-0.2, 0) is 6.42 Å². The molecule has 0 saturated carbocycles. The predicted octanol–water partition coefficient (Wildman–Crippen LogP) is 1.02. The van der Waals surface area contributed by atoms with Crippen molar-refractivity contribution in [3.8, 4) is 0 Å². The molecule has 0 aliphatic heterocycles. The maximum atomic E-state index is 12.9. The summed E-state index contributed by atoms with van der Waals surface area (Å²) in [5.41, 5.74) is 0.954. The molecule has 1 heterocycles. The first kappa shape index (κ1) is 7.97. The molecule has 0 amide bonds. The number of carboxylic acids is 1. The zero-order valence-corrected chi connectivity index (χ0v) is 6.62. The number of aromatic carboxylic acids is 1. The number of rotatable bonds is 1. The number of fused-ring (bicyclic) bond motifs is 1. The van der Waals surface area contributed by atoms with Gasteiger partial charge in [0.15, 0.2) is 5.69 Å². The molecular formula is C8H7FN2O2. The van der Waals surface area contributed by atoms with Crippen molar-refractivity contribution in [1.29, 1.82) is 0 Å². The van der Waals surface area contributed by atoms with Crippen LogP contribution in [0.3, 0.4) is 0 Å². The van der Waals surface area contributed by atoms with E-state index in [2.05, 4.69) is 10.2 Å². The number of hydrogen-bond donors (Lipinski definition) is 2. The highest BCUT2D eigenvalue weighted by Crippen LogP contribution is 2.21. The Kier molecular flexibility index (Phi) is 1.65. The lowest BCUT2D eigenvalue weighted by Gasteiger charge is -2.08. The van der Waals surface area contributed by atoms with E-state index in [9.17, 15) is 9.18 Å². The van der Waals surface area contributed by atoms with E-state index in [0.29, 0.717) is 11.3 Å². The molecule has 0 saturated heterocycles. The maximum absolute atomic E-state index is 12.9. The Morgan fingerprint density at radius 3 is 3.23 bits per heavy atom. The molecule has 1 unspecified atom stereocenters. The third-order valence-electron chi connectivity index (χ3n) is 1.97. The zero-order chi connectivity index (χ0) is 9.42. The van der Waals surface area contributed by atoms with Gasteiger partial charge in [-0.05, 0) is 12.2 Å². The number of halogens is 1. The van der Waals surface area contributed by atoms with Crippen LogP contribution >= 0.6 is 0 Å². The minimum atomic E-state index is -1.13. The second-order valence-electron chi connectivity index (χ2n) is 2.85. The van der Waals surface area contributed by atoms with Crippen molar-refractivity contribution in [2.75, 3.05) is 0 Å². The largest absolute Gasteiger partial charge is 0.476 e. The molecule has 1 aliphatic rings. The normalized spacial score (nSPS) is 19.9. The zero-order valence-electron chi connectivity index (χ0n) is 6.62. The lowest BCUT2D eigenvalue weighted by atomic mass is 10.0. The van der Waals surface area contributed by atoms with Crippen LogP contribution in [0, 0.1) is 0 Å². The standard InChI is InChI=1S/C8H7FN2O2/c9-4-1-2-6-5(3-4)7(8(12)13)11-10-6/h1-2,4H,3H2,(H,10,11)(H,12,13). The summed E-state index contributed by atoms with van der Waals surface area (Å²) in [7, 11) is 0. The van der Waals surface area contributed by atoms with Gasteiger partial charge in [-0.2, -0.15) is 5.10 Å². The SMILES string of the molecule is O=C(O)c1n[nH]c2c1CC(F)C=C2. The summed E-state index contributed by atoms with van der Waals surface area (Å²) >= 11 is 0. The van der Waals surface area contributed by atoms with Crippen LogP contribution in [0.5, 0.6) is 0 Å². The summed E-state index contributed by atoms with van der Waals surface area (Å²) in [6.07, 6.45) is 1.88. The van der Waals surface area contributed by atoms with E-state index < -0.39 is 12.1 Å². The van der Waals surface area contributed by atoms with E-state index in [-0.39, 0.29) is 12.1 Å². The van der Waals surface area contributed by atoms with Gasteiger partial charge in [0, 0.05) is 12.0 Å². The maximum Gasteiger partial charge on any atom is 0.356 e. The van der Waals surface area contributed by atoms with E-state index in [1.54, 1.807) is 0 Å². The third kappa shape index (κ3) is 1.22. The number of carbonyl (C=O) groups is 1. The van der Waals surface area contributed by atoms with Crippen molar-refractivity contribution in [1.82, 2.24) is 10.2 Å². The molecule has 2 rings (SSSR count). The van der Waals surface area contributed by atoms with Gasteiger partial charge in [0.2, 0.25) is 0 Å². The van der Waals surface area contributed by atoms with Gasteiger partial charge < -0.3 is 5.11 Å². The van der Waals surface area contributed by atoms with Crippen molar-refractivity contribution in [2.24, 2.45) is 0 Å². The first-order valence-corrected chi connectivity index (χ1v) is 3.81. The van der Waals surface area contributed by atoms with Crippen LogP contribution < -0.4 is 0 Å². The highest BCUT2D eigenvalue weighted by atomic mass is 19.1. The van der Waals surface area contributed by atoms with Crippen molar-refractivity contribution in [3.63, 3.8) is 0 Å². The van der Waals surface area contributed by atoms with E-state index in [1.807, 2.05) is 0 Å². The Bertz CT molecular complexity index is 383. The minimum absolute atomic E-state index is 0.0815. The summed E-state index contributed by atoms with van der Waals surface area (Å²) in [5, 5.41) is 14.8. The van der Waals surface area contributed by atoms with Crippen molar-refractivity contribution < 1.29 is 14.3 Å². The molecule has 2 N–H and O–H groups in total. The molecule has 0 fully saturated rings. The van der Waals surface area contributed by atoms with Crippen molar-refractivity contribution in [2.45, 2.75) is 12.6 Å².